The summed E-state index contributed by atoms with van der Waals surface area (Å²) in [6.45, 7) is 2.52. The van der Waals surface area contributed by atoms with Gasteiger partial charge in [0.05, 0.1) is 6.61 Å². The van der Waals surface area contributed by atoms with Gasteiger partial charge in [0.1, 0.15) is 11.6 Å². The average Bonchev–Trinajstić information content (AvgIpc) is 2.41. The smallest absolute Gasteiger partial charge is 0.262 e. The number of nitrogens with zero attached hydrogens (tertiary/aromatic N) is 1. The zero-order valence-corrected chi connectivity index (χ0v) is 10.6. The van der Waals surface area contributed by atoms with Crippen molar-refractivity contribution in [3.63, 3.8) is 0 Å². The summed E-state index contributed by atoms with van der Waals surface area (Å²) >= 11 is 0. The third-order valence-corrected chi connectivity index (χ3v) is 2.50. The number of ether oxygens (including phenoxy) is 2. The second-order valence-corrected chi connectivity index (χ2v) is 3.80. The first-order chi connectivity index (χ1) is 9.24. The summed E-state index contributed by atoms with van der Waals surface area (Å²) in [6.07, 6.45) is 1.59. The Hall–Kier alpha value is -2.14. The van der Waals surface area contributed by atoms with E-state index in [0.29, 0.717) is 29.5 Å². The molecule has 100 valence electrons. The molecular formula is C14H15FN2O2. The Labute approximate surface area is 111 Å². The summed E-state index contributed by atoms with van der Waals surface area (Å²) in [7, 11) is 0. The molecule has 19 heavy (non-hydrogen) atoms. The number of nitrogens with two attached hydrogens (primary N) is 1. The van der Waals surface area contributed by atoms with Gasteiger partial charge in [-0.05, 0) is 25.1 Å². The molecule has 2 aromatic rings. The van der Waals surface area contributed by atoms with Gasteiger partial charge in [-0.2, -0.15) is 0 Å². The molecule has 2 rings (SSSR count). The summed E-state index contributed by atoms with van der Waals surface area (Å²) in [5.41, 5.74) is 5.85. The van der Waals surface area contributed by atoms with Crippen molar-refractivity contribution in [3.05, 3.63) is 47.9 Å². The first kappa shape index (κ1) is 13.3. The highest BCUT2D eigenvalue weighted by Crippen LogP contribution is 2.29. The fourth-order valence-electron chi connectivity index (χ4n) is 1.59. The maximum absolute atomic E-state index is 13.6. The Morgan fingerprint density at radius 2 is 2.16 bits per heavy atom. The molecule has 0 spiro atoms. The summed E-state index contributed by atoms with van der Waals surface area (Å²) in [5.74, 6) is 0.792. The minimum atomic E-state index is -0.395. The zero-order chi connectivity index (χ0) is 13.7. The number of benzene rings is 1. The molecule has 1 heterocycles. The van der Waals surface area contributed by atoms with E-state index < -0.39 is 5.82 Å². The molecule has 0 aliphatic carbocycles. The third-order valence-electron chi connectivity index (χ3n) is 2.50. The van der Waals surface area contributed by atoms with Crippen LogP contribution in [0.5, 0.6) is 17.4 Å². The predicted octanol–water partition coefficient (Wildman–Crippen LogP) is 2.87. The van der Waals surface area contributed by atoms with Gasteiger partial charge in [-0.1, -0.05) is 6.07 Å². The van der Waals surface area contributed by atoms with E-state index in [2.05, 4.69) is 4.98 Å². The first-order valence-corrected chi connectivity index (χ1v) is 5.98. The van der Waals surface area contributed by atoms with Crippen LogP contribution < -0.4 is 15.2 Å². The van der Waals surface area contributed by atoms with E-state index in [1.807, 2.05) is 6.92 Å². The van der Waals surface area contributed by atoms with Gasteiger partial charge in [-0.15, -0.1) is 0 Å². The fraction of sp³-hybridized carbons (Fsp3) is 0.214. The molecule has 1 aromatic heterocycles. The van der Waals surface area contributed by atoms with Crippen molar-refractivity contribution in [2.45, 2.75) is 13.5 Å². The van der Waals surface area contributed by atoms with Gasteiger partial charge in [-0.3, -0.25) is 0 Å². The van der Waals surface area contributed by atoms with Crippen molar-refractivity contribution < 1.29 is 13.9 Å². The van der Waals surface area contributed by atoms with Crippen molar-refractivity contribution >= 4 is 0 Å². The molecule has 0 unspecified atom stereocenters. The molecule has 0 saturated carbocycles. The molecular weight excluding hydrogens is 247 g/mol. The first-order valence-electron chi connectivity index (χ1n) is 5.98. The quantitative estimate of drug-likeness (QED) is 0.900. The molecule has 4 nitrogen and oxygen atoms in total. The molecule has 1 aromatic carbocycles. The van der Waals surface area contributed by atoms with Gasteiger partial charge in [0.15, 0.2) is 5.75 Å². The van der Waals surface area contributed by atoms with Crippen molar-refractivity contribution in [1.82, 2.24) is 4.98 Å². The van der Waals surface area contributed by atoms with Crippen molar-refractivity contribution in [2.75, 3.05) is 6.61 Å². The van der Waals surface area contributed by atoms with Crippen LogP contribution in [-0.2, 0) is 6.54 Å². The molecule has 0 aliphatic rings. The molecule has 0 fully saturated rings. The number of pyridine rings is 1. The molecule has 5 heteroatoms. The second-order valence-electron chi connectivity index (χ2n) is 3.80. The van der Waals surface area contributed by atoms with Gasteiger partial charge in [-0.25, -0.2) is 9.37 Å². The van der Waals surface area contributed by atoms with Gasteiger partial charge >= 0.3 is 0 Å². The summed E-state index contributed by atoms with van der Waals surface area (Å²) in [6, 6.07) is 8.02. The van der Waals surface area contributed by atoms with E-state index in [1.54, 1.807) is 30.5 Å². The van der Waals surface area contributed by atoms with Gasteiger partial charge in [0, 0.05) is 24.4 Å². The van der Waals surface area contributed by atoms with Crippen LogP contribution in [0.4, 0.5) is 4.39 Å². The third kappa shape index (κ3) is 3.20. The second kappa shape index (κ2) is 6.15. The van der Waals surface area contributed by atoms with Gasteiger partial charge in [0.2, 0.25) is 0 Å². The molecule has 0 saturated heterocycles. The maximum Gasteiger partial charge on any atom is 0.262 e. The minimum Gasteiger partial charge on any atom is -0.488 e. The molecule has 0 amide bonds. The lowest BCUT2D eigenvalue weighted by Crippen LogP contribution is -2.00. The Kier molecular flexibility index (Phi) is 4.30. The molecule has 0 bridgehead atoms. The van der Waals surface area contributed by atoms with Gasteiger partial charge in [0.25, 0.3) is 5.88 Å². The van der Waals surface area contributed by atoms with Gasteiger partial charge < -0.3 is 15.2 Å². The molecule has 0 radical (unpaired) electrons. The average molecular weight is 262 g/mol. The zero-order valence-electron chi connectivity index (χ0n) is 10.6. The highest BCUT2D eigenvalue weighted by molar-refractivity contribution is 5.38. The van der Waals surface area contributed by atoms with E-state index in [0.717, 1.165) is 0 Å². The van der Waals surface area contributed by atoms with E-state index in [-0.39, 0.29) is 6.54 Å². The molecule has 0 atom stereocenters. The fourth-order valence-corrected chi connectivity index (χ4v) is 1.59. The lowest BCUT2D eigenvalue weighted by Gasteiger charge is -2.10. The topological polar surface area (TPSA) is 57.4 Å². The Bertz CT molecular complexity index is 561. The van der Waals surface area contributed by atoms with Crippen molar-refractivity contribution in [2.24, 2.45) is 5.73 Å². The Morgan fingerprint density at radius 1 is 1.32 bits per heavy atom. The van der Waals surface area contributed by atoms with Crippen molar-refractivity contribution in [1.29, 1.82) is 0 Å². The SMILES string of the molecule is CCOc1cccnc1Oc1ccc(CN)c(F)c1. The van der Waals surface area contributed by atoms with E-state index in [9.17, 15) is 4.39 Å². The lowest BCUT2D eigenvalue weighted by molar-refractivity contribution is 0.316. The van der Waals surface area contributed by atoms with Crippen LogP contribution in [0.15, 0.2) is 36.5 Å². The highest BCUT2D eigenvalue weighted by atomic mass is 19.1. The standard InChI is InChI=1S/C14H15FN2O2/c1-2-18-13-4-3-7-17-14(13)19-11-6-5-10(9-16)12(15)8-11/h3-8H,2,9,16H2,1H3. The number of halogens is 1. The van der Waals surface area contributed by atoms with E-state index >= 15 is 0 Å². The predicted molar refractivity (Wildman–Crippen MR) is 69.8 cm³/mol. The number of rotatable bonds is 5. The van der Waals surface area contributed by atoms with E-state index in [4.69, 9.17) is 15.2 Å². The normalized spacial score (nSPS) is 10.3. The van der Waals surface area contributed by atoms with Crippen LogP contribution in [0.1, 0.15) is 12.5 Å². The van der Waals surface area contributed by atoms with Crippen LogP contribution in [0.2, 0.25) is 0 Å². The monoisotopic (exact) mass is 262 g/mol. The largest absolute Gasteiger partial charge is 0.488 e. The number of hydrogen-bond acceptors (Lipinski definition) is 4. The molecule has 2 N–H and O–H groups in total. The number of aromatic nitrogens is 1. The summed E-state index contributed by atoms with van der Waals surface area (Å²) in [4.78, 5) is 4.07. The molecule has 0 aliphatic heterocycles. The van der Waals surface area contributed by atoms with Crippen LogP contribution in [0, 0.1) is 5.82 Å². The maximum atomic E-state index is 13.6. The summed E-state index contributed by atoms with van der Waals surface area (Å²) < 4.78 is 24.5. The van der Waals surface area contributed by atoms with Crippen molar-refractivity contribution in [3.8, 4) is 17.4 Å². The van der Waals surface area contributed by atoms with Crippen LogP contribution in [-0.4, -0.2) is 11.6 Å². The highest BCUT2D eigenvalue weighted by Gasteiger charge is 2.08. The lowest BCUT2D eigenvalue weighted by atomic mass is 10.2. The Morgan fingerprint density at radius 3 is 2.84 bits per heavy atom. The van der Waals surface area contributed by atoms with Crippen LogP contribution in [0.25, 0.3) is 0 Å². The summed E-state index contributed by atoms with van der Waals surface area (Å²) in [5, 5.41) is 0. The minimum absolute atomic E-state index is 0.153. The van der Waals surface area contributed by atoms with E-state index in [1.165, 1.54) is 6.07 Å². The van der Waals surface area contributed by atoms with Crippen LogP contribution in [0.3, 0.4) is 0 Å². The Balaban J connectivity index is 2.23. The number of hydrogen-bond donors (Lipinski definition) is 1. The van der Waals surface area contributed by atoms with Crippen LogP contribution >= 0.6 is 0 Å².